The molecule has 1 amide bonds. The van der Waals surface area contributed by atoms with E-state index in [2.05, 4.69) is 27.7 Å². The summed E-state index contributed by atoms with van der Waals surface area (Å²) in [6.07, 6.45) is -2.09. The Labute approximate surface area is 224 Å². The second-order valence-corrected chi connectivity index (χ2v) is 10.8. The van der Waals surface area contributed by atoms with Crippen LogP contribution in [0.2, 0.25) is 0 Å². The maximum atomic E-state index is 13.6. The van der Waals surface area contributed by atoms with Gasteiger partial charge in [-0.1, -0.05) is 45.9 Å². The van der Waals surface area contributed by atoms with Gasteiger partial charge in [-0.3, -0.25) is 9.69 Å². The van der Waals surface area contributed by atoms with Crippen molar-refractivity contribution < 1.29 is 33.6 Å². The predicted molar refractivity (Wildman–Crippen MR) is 142 cm³/mol. The van der Waals surface area contributed by atoms with Crippen LogP contribution in [0.3, 0.4) is 0 Å². The van der Waals surface area contributed by atoms with Crippen molar-refractivity contribution in [2.45, 2.75) is 45.8 Å². The fraction of sp³-hybridized carbons (Fsp3) is 0.517. The molecular formula is C29H38N2O7. The normalized spacial score (nSPS) is 20.7. The van der Waals surface area contributed by atoms with Crippen LogP contribution in [0.25, 0.3) is 0 Å². The molecule has 2 aliphatic heterocycles. The van der Waals surface area contributed by atoms with Gasteiger partial charge in [0.1, 0.15) is 11.9 Å². The van der Waals surface area contributed by atoms with Crippen LogP contribution in [-0.4, -0.2) is 73.2 Å². The third-order valence-electron chi connectivity index (χ3n) is 6.91. The number of hydrogen-bond donors (Lipinski definition) is 1. The number of likely N-dealkylation sites (tertiary alicyclic amines) is 1. The molecule has 9 heteroatoms. The number of carboxylic acid groups (broad SMARTS) is 1. The Kier molecular flexibility index (Phi) is 8.66. The Balaban J connectivity index is 1.70. The summed E-state index contributed by atoms with van der Waals surface area (Å²) in [5, 5.41) is 9.71. The smallest absolute Gasteiger partial charge is 0.497 e. The van der Waals surface area contributed by atoms with E-state index in [4.69, 9.17) is 18.9 Å². The first-order valence-corrected chi connectivity index (χ1v) is 13.1. The maximum absolute atomic E-state index is 13.6. The van der Waals surface area contributed by atoms with Crippen LogP contribution in [0.5, 0.6) is 17.2 Å². The molecule has 0 spiro atoms. The van der Waals surface area contributed by atoms with Gasteiger partial charge < -0.3 is 29.0 Å². The molecule has 2 aromatic rings. The predicted octanol–water partition coefficient (Wildman–Crippen LogP) is 4.77. The number of methoxy groups -OCH3 is 1. The average molecular weight is 527 g/mol. The lowest BCUT2D eigenvalue weighted by Gasteiger charge is -2.31. The lowest BCUT2D eigenvalue weighted by molar-refractivity contribution is -0.134. The van der Waals surface area contributed by atoms with Crippen molar-refractivity contribution in [3.63, 3.8) is 0 Å². The summed E-state index contributed by atoms with van der Waals surface area (Å²) < 4.78 is 21.9. The molecule has 9 nitrogen and oxygen atoms in total. The highest BCUT2D eigenvalue weighted by atomic mass is 16.7. The third-order valence-corrected chi connectivity index (χ3v) is 6.91. The zero-order valence-corrected chi connectivity index (χ0v) is 22.8. The summed E-state index contributed by atoms with van der Waals surface area (Å²) in [6.45, 7) is 10.5. The lowest BCUT2D eigenvalue weighted by Crippen LogP contribution is -2.44. The van der Waals surface area contributed by atoms with E-state index in [1.165, 1.54) is 0 Å². The average Bonchev–Trinajstić information content (AvgIpc) is 3.47. The number of nitrogens with zero attached hydrogens (tertiary/aromatic N) is 2. The van der Waals surface area contributed by atoms with E-state index < -0.39 is 18.3 Å². The Morgan fingerprint density at radius 2 is 1.63 bits per heavy atom. The number of fused-ring (bicyclic) bond motifs is 1. The van der Waals surface area contributed by atoms with Gasteiger partial charge in [-0.2, -0.15) is 0 Å². The largest absolute Gasteiger partial charge is 0.506 e. The van der Waals surface area contributed by atoms with E-state index in [1.807, 2.05) is 52.3 Å². The maximum Gasteiger partial charge on any atom is 0.506 e. The summed E-state index contributed by atoms with van der Waals surface area (Å²) in [4.78, 5) is 29.5. The molecule has 2 aliphatic rings. The first-order valence-electron chi connectivity index (χ1n) is 13.1. The van der Waals surface area contributed by atoms with Crippen molar-refractivity contribution in [3.8, 4) is 17.2 Å². The molecule has 0 aromatic heterocycles. The molecule has 0 bridgehead atoms. The van der Waals surface area contributed by atoms with Crippen LogP contribution in [0.4, 0.5) is 4.79 Å². The zero-order valence-electron chi connectivity index (χ0n) is 22.8. The van der Waals surface area contributed by atoms with Gasteiger partial charge in [0, 0.05) is 25.6 Å². The Morgan fingerprint density at radius 3 is 2.24 bits per heavy atom. The van der Waals surface area contributed by atoms with E-state index >= 15 is 0 Å². The molecule has 0 saturated carbocycles. The number of rotatable bonds is 10. The summed E-state index contributed by atoms with van der Waals surface area (Å²) in [7, 11) is 1.60. The minimum Gasteiger partial charge on any atom is -0.497 e. The molecule has 206 valence electrons. The number of carbonyl (C=O) groups is 2. The number of amides is 1. The Morgan fingerprint density at radius 1 is 1.00 bits per heavy atom. The topological polar surface area (TPSA) is 97.8 Å². The van der Waals surface area contributed by atoms with Crippen molar-refractivity contribution in [3.05, 3.63) is 53.6 Å². The highest BCUT2D eigenvalue weighted by Gasteiger charge is 2.47. The minimum absolute atomic E-state index is 0.0197. The first kappa shape index (κ1) is 27.6. The molecule has 2 aromatic carbocycles. The Hall–Kier alpha value is -3.46. The first-order chi connectivity index (χ1) is 18.2. The number of hydrogen-bond acceptors (Lipinski definition) is 7. The molecule has 0 unspecified atom stereocenters. The molecule has 2 heterocycles. The summed E-state index contributed by atoms with van der Waals surface area (Å²) in [5.41, 5.74) is 1.72. The van der Waals surface area contributed by atoms with Crippen molar-refractivity contribution in [2.75, 3.05) is 40.1 Å². The molecule has 3 atom stereocenters. The van der Waals surface area contributed by atoms with Crippen LogP contribution >= 0.6 is 0 Å². The second kappa shape index (κ2) is 11.9. The van der Waals surface area contributed by atoms with Crippen molar-refractivity contribution in [2.24, 2.45) is 11.8 Å². The highest BCUT2D eigenvalue weighted by Crippen LogP contribution is 2.45. The van der Waals surface area contributed by atoms with Crippen LogP contribution in [-0.2, 0) is 9.53 Å². The van der Waals surface area contributed by atoms with E-state index in [-0.39, 0.29) is 25.2 Å². The summed E-state index contributed by atoms with van der Waals surface area (Å²) in [5.74, 6) is 2.33. The zero-order chi connectivity index (χ0) is 27.4. The molecular weight excluding hydrogens is 488 g/mol. The van der Waals surface area contributed by atoms with E-state index in [0.717, 1.165) is 11.1 Å². The highest BCUT2D eigenvalue weighted by molar-refractivity contribution is 5.78. The van der Waals surface area contributed by atoms with Crippen LogP contribution in [0.1, 0.15) is 50.8 Å². The fourth-order valence-corrected chi connectivity index (χ4v) is 5.40. The van der Waals surface area contributed by atoms with Gasteiger partial charge >= 0.3 is 6.16 Å². The van der Waals surface area contributed by atoms with Gasteiger partial charge in [-0.05, 0) is 47.2 Å². The molecule has 0 aliphatic carbocycles. The monoisotopic (exact) mass is 526 g/mol. The van der Waals surface area contributed by atoms with Crippen molar-refractivity contribution in [1.82, 2.24) is 9.80 Å². The molecule has 0 radical (unpaired) electrons. The van der Waals surface area contributed by atoms with Gasteiger partial charge in [0.15, 0.2) is 11.5 Å². The number of carbonyl (C=O) groups excluding carboxylic acids is 1. The molecule has 1 saturated heterocycles. The quantitative estimate of drug-likeness (QED) is 0.442. The van der Waals surface area contributed by atoms with E-state index in [9.17, 15) is 14.7 Å². The molecule has 38 heavy (non-hydrogen) atoms. The van der Waals surface area contributed by atoms with Crippen LogP contribution < -0.4 is 14.2 Å². The SMILES string of the molecule is COc1ccc([C@@H]2[C@@H](OC(=O)O)[C@@H](c3ccc4c(c3)OCO4)CN2CC(=O)N(CC(C)C)CC(C)C)cc1. The van der Waals surface area contributed by atoms with Gasteiger partial charge in [0.25, 0.3) is 0 Å². The second-order valence-electron chi connectivity index (χ2n) is 10.8. The molecule has 1 N–H and O–H groups in total. The van der Waals surface area contributed by atoms with Gasteiger partial charge in [-0.15, -0.1) is 0 Å². The summed E-state index contributed by atoms with van der Waals surface area (Å²) >= 11 is 0. The van der Waals surface area contributed by atoms with Gasteiger partial charge in [0.2, 0.25) is 12.7 Å². The molecule has 1 fully saturated rings. The summed E-state index contributed by atoms with van der Waals surface area (Å²) in [6, 6.07) is 12.6. The minimum atomic E-state index is -1.35. The fourth-order valence-electron chi connectivity index (χ4n) is 5.40. The molecule has 4 rings (SSSR count). The van der Waals surface area contributed by atoms with Gasteiger partial charge in [0.05, 0.1) is 19.7 Å². The van der Waals surface area contributed by atoms with Crippen molar-refractivity contribution >= 4 is 12.1 Å². The van der Waals surface area contributed by atoms with Gasteiger partial charge in [-0.25, -0.2) is 4.79 Å². The third kappa shape index (κ3) is 6.32. The number of ether oxygens (including phenoxy) is 4. The van der Waals surface area contributed by atoms with E-state index in [1.54, 1.807) is 7.11 Å². The Bertz CT molecular complexity index is 1110. The van der Waals surface area contributed by atoms with Crippen molar-refractivity contribution in [1.29, 1.82) is 0 Å². The standard InChI is InChI=1S/C29H38N2O7/c1-18(2)13-30(14-19(3)4)26(32)16-31-15-23(21-8-11-24-25(12-21)37-17-36-24)28(38-29(33)34)27(31)20-6-9-22(35-5)10-7-20/h6-12,18-19,23,27-28H,13-17H2,1-5H3,(H,33,34)/t23-,27-,28+/m1/s1. The van der Waals surface area contributed by atoms with E-state index in [0.29, 0.717) is 48.7 Å². The van der Waals surface area contributed by atoms with Crippen LogP contribution in [0.15, 0.2) is 42.5 Å². The lowest BCUT2D eigenvalue weighted by atomic mass is 9.90. The van der Waals surface area contributed by atoms with Crippen LogP contribution in [0, 0.1) is 11.8 Å². The number of benzene rings is 2.